The third-order valence-corrected chi connectivity index (χ3v) is 2.55. The second kappa shape index (κ2) is 3.78. The molecule has 1 aromatic heterocycles. The van der Waals surface area contributed by atoms with Crippen molar-refractivity contribution in [2.45, 2.75) is 6.10 Å². The molecule has 0 fully saturated rings. The minimum Gasteiger partial charge on any atom is -0.476 e. The van der Waals surface area contributed by atoms with Gasteiger partial charge in [0.05, 0.1) is 0 Å². The molecule has 0 aliphatic carbocycles. The minimum atomic E-state index is -0.540. The average Bonchev–Trinajstić information content (AvgIpc) is 2.17. The molecule has 1 atom stereocenters. The Balaban J connectivity index is 2.36. The van der Waals surface area contributed by atoms with Gasteiger partial charge in [0, 0.05) is 16.4 Å². The highest BCUT2D eigenvalue weighted by molar-refractivity contribution is 9.10. The maximum atomic E-state index is 11.3. The van der Waals surface area contributed by atoms with Gasteiger partial charge in [-0.2, -0.15) is 12.6 Å². The Morgan fingerprint density at radius 3 is 3.21 bits per heavy atom. The summed E-state index contributed by atoms with van der Waals surface area (Å²) < 4.78 is 6.20. The summed E-state index contributed by atoms with van der Waals surface area (Å²) in [7, 11) is 0. The van der Waals surface area contributed by atoms with E-state index in [1.165, 1.54) is 0 Å². The highest BCUT2D eigenvalue weighted by Gasteiger charge is 2.27. The third-order valence-electron chi connectivity index (χ3n) is 1.79. The number of amides is 1. The standard InChI is InChI=1S/C8H7BrN2O2S/c9-4-1-5-7(10-2-4)11-8(12)6(3-14)13-5/h1-2,6,14H,3H2,(H,10,11,12). The van der Waals surface area contributed by atoms with Crippen LogP contribution in [0.15, 0.2) is 16.7 Å². The van der Waals surface area contributed by atoms with Gasteiger partial charge in [-0.05, 0) is 22.0 Å². The van der Waals surface area contributed by atoms with Gasteiger partial charge in [-0.3, -0.25) is 4.79 Å². The molecule has 1 N–H and O–H groups in total. The van der Waals surface area contributed by atoms with Crippen LogP contribution in [-0.4, -0.2) is 22.7 Å². The van der Waals surface area contributed by atoms with Gasteiger partial charge < -0.3 is 10.1 Å². The molecule has 1 aliphatic heterocycles. The van der Waals surface area contributed by atoms with Gasteiger partial charge in [-0.25, -0.2) is 4.98 Å². The molecule has 6 heteroatoms. The van der Waals surface area contributed by atoms with Crippen LogP contribution in [0.2, 0.25) is 0 Å². The number of aromatic nitrogens is 1. The quantitative estimate of drug-likeness (QED) is 0.763. The maximum Gasteiger partial charge on any atom is 0.267 e. The van der Waals surface area contributed by atoms with Crippen molar-refractivity contribution in [3.63, 3.8) is 0 Å². The summed E-state index contributed by atoms with van der Waals surface area (Å²) in [6.07, 6.45) is 1.06. The van der Waals surface area contributed by atoms with E-state index >= 15 is 0 Å². The van der Waals surface area contributed by atoms with E-state index < -0.39 is 6.10 Å². The lowest BCUT2D eigenvalue weighted by molar-refractivity contribution is -0.122. The second-order valence-corrected chi connectivity index (χ2v) is 4.06. The normalized spacial score (nSPS) is 19.6. The molecule has 14 heavy (non-hydrogen) atoms. The van der Waals surface area contributed by atoms with Crippen LogP contribution in [0.1, 0.15) is 0 Å². The summed E-state index contributed by atoms with van der Waals surface area (Å²) in [4.78, 5) is 15.3. The van der Waals surface area contributed by atoms with Crippen molar-refractivity contribution >= 4 is 40.3 Å². The van der Waals surface area contributed by atoms with E-state index in [1.54, 1.807) is 12.3 Å². The summed E-state index contributed by atoms with van der Waals surface area (Å²) in [5.74, 6) is 1.16. The molecule has 2 rings (SSSR count). The summed E-state index contributed by atoms with van der Waals surface area (Å²) in [5, 5.41) is 2.64. The Morgan fingerprint density at radius 2 is 2.50 bits per heavy atom. The Hall–Kier alpha value is -0.750. The molecule has 1 unspecified atom stereocenters. The van der Waals surface area contributed by atoms with Gasteiger partial charge in [-0.1, -0.05) is 0 Å². The van der Waals surface area contributed by atoms with E-state index in [9.17, 15) is 4.79 Å². The zero-order valence-corrected chi connectivity index (χ0v) is 9.51. The smallest absolute Gasteiger partial charge is 0.267 e. The summed E-state index contributed by atoms with van der Waals surface area (Å²) in [6.45, 7) is 0. The maximum absolute atomic E-state index is 11.3. The number of anilines is 1. The van der Waals surface area contributed by atoms with Crippen molar-refractivity contribution in [2.24, 2.45) is 0 Å². The fourth-order valence-corrected chi connectivity index (χ4v) is 1.68. The zero-order chi connectivity index (χ0) is 10.1. The van der Waals surface area contributed by atoms with Crippen LogP contribution in [0.3, 0.4) is 0 Å². The molecule has 74 valence electrons. The lowest BCUT2D eigenvalue weighted by Gasteiger charge is -2.23. The third kappa shape index (κ3) is 1.72. The molecular formula is C8H7BrN2O2S. The number of thiol groups is 1. The first-order valence-electron chi connectivity index (χ1n) is 3.94. The topological polar surface area (TPSA) is 51.2 Å². The first-order valence-corrected chi connectivity index (χ1v) is 5.37. The molecule has 2 heterocycles. The SMILES string of the molecule is O=C1Nc2ncc(Br)cc2OC1CS. The molecule has 0 saturated heterocycles. The minimum absolute atomic E-state index is 0.206. The number of rotatable bonds is 1. The fraction of sp³-hybridized carbons (Fsp3) is 0.250. The zero-order valence-electron chi connectivity index (χ0n) is 7.03. The lowest BCUT2D eigenvalue weighted by Crippen LogP contribution is -2.38. The van der Waals surface area contributed by atoms with Gasteiger partial charge in [0.2, 0.25) is 0 Å². The number of carbonyl (C=O) groups is 1. The van der Waals surface area contributed by atoms with Crippen LogP contribution in [0.5, 0.6) is 5.75 Å². The summed E-state index contributed by atoms with van der Waals surface area (Å²) in [5.41, 5.74) is 0. The molecule has 0 bridgehead atoms. The molecule has 1 aromatic rings. The van der Waals surface area contributed by atoms with Crippen LogP contribution in [0.25, 0.3) is 0 Å². The number of ether oxygens (including phenoxy) is 1. The van der Waals surface area contributed by atoms with E-state index in [-0.39, 0.29) is 5.91 Å². The molecular weight excluding hydrogens is 268 g/mol. The first-order chi connectivity index (χ1) is 6.70. The number of hydrogen-bond donors (Lipinski definition) is 2. The molecule has 1 aliphatic rings. The number of pyridine rings is 1. The van der Waals surface area contributed by atoms with Gasteiger partial charge in [-0.15, -0.1) is 0 Å². The van der Waals surface area contributed by atoms with Crippen molar-refractivity contribution in [3.05, 3.63) is 16.7 Å². The van der Waals surface area contributed by atoms with Crippen LogP contribution >= 0.6 is 28.6 Å². The summed E-state index contributed by atoms with van der Waals surface area (Å²) in [6, 6.07) is 1.76. The largest absolute Gasteiger partial charge is 0.476 e. The van der Waals surface area contributed by atoms with Gasteiger partial charge in [0.25, 0.3) is 5.91 Å². The van der Waals surface area contributed by atoms with Gasteiger partial charge in [0.1, 0.15) is 0 Å². The fourth-order valence-electron chi connectivity index (χ4n) is 1.13. The number of carbonyl (C=O) groups excluding carboxylic acids is 1. The number of hydrogen-bond acceptors (Lipinski definition) is 4. The highest BCUT2D eigenvalue weighted by atomic mass is 79.9. The van der Waals surface area contributed by atoms with E-state index in [4.69, 9.17) is 4.74 Å². The predicted octanol–water partition coefficient (Wildman–Crippen LogP) is 1.47. The van der Waals surface area contributed by atoms with E-state index in [0.717, 1.165) is 4.47 Å². The Bertz CT molecular complexity index is 386. The van der Waals surface area contributed by atoms with E-state index in [0.29, 0.717) is 17.3 Å². The molecule has 0 saturated carbocycles. The second-order valence-electron chi connectivity index (χ2n) is 2.78. The Kier molecular flexibility index (Phi) is 2.64. The van der Waals surface area contributed by atoms with Crippen molar-refractivity contribution in [1.82, 2.24) is 4.98 Å². The average molecular weight is 275 g/mol. The molecule has 1 amide bonds. The van der Waals surface area contributed by atoms with E-state index in [2.05, 4.69) is 38.9 Å². The molecule has 0 radical (unpaired) electrons. The number of fused-ring (bicyclic) bond motifs is 1. The number of nitrogens with one attached hydrogen (secondary N) is 1. The van der Waals surface area contributed by atoms with Crippen LogP contribution in [0.4, 0.5) is 5.82 Å². The van der Waals surface area contributed by atoms with E-state index in [1.807, 2.05) is 0 Å². The van der Waals surface area contributed by atoms with Gasteiger partial charge in [0.15, 0.2) is 17.7 Å². The predicted molar refractivity (Wildman–Crippen MR) is 58.8 cm³/mol. The van der Waals surface area contributed by atoms with Crippen molar-refractivity contribution in [3.8, 4) is 5.75 Å². The highest BCUT2D eigenvalue weighted by Crippen LogP contribution is 2.29. The number of halogens is 1. The lowest BCUT2D eigenvalue weighted by atomic mass is 10.3. The van der Waals surface area contributed by atoms with Crippen LogP contribution in [0, 0.1) is 0 Å². The molecule has 0 spiro atoms. The molecule has 0 aromatic carbocycles. The monoisotopic (exact) mass is 274 g/mol. The molecule has 4 nitrogen and oxygen atoms in total. The Labute approximate surface area is 94.6 Å². The Morgan fingerprint density at radius 1 is 1.71 bits per heavy atom. The van der Waals surface area contributed by atoms with Crippen molar-refractivity contribution < 1.29 is 9.53 Å². The van der Waals surface area contributed by atoms with Crippen LogP contribution < -0.4 is 10.1 Å². The van der Waals surface area contributed by atoms with Gasteiger partial charge >= 0.3 is 0 Å². The van der Waals surface area contributed by atoms with Crippen LogP contribution in [-0.2, 0) is 4.79 Å². The summed E-state index contributed by atoms with van der Waals surface area (Å²) >= 11 is 7.30. The number of nitrogens with zero attached hydrogens (tertiary/aromatic N) is 1. The first kappa shape index (κ1) is 9.79. The van der Waals surface area contributed by atoms with Crippen molar-refractivity contribution in [2.75, 3.05) is 11.1 Å². The van der Waals surface area contributed by atoms with Crippen molar-refractivity contribution in [1.29, 1.82) is 0 Å².